The van der Waals surface area contributed by atoms with Crippen LogP contribution in [0.3, 0.4) is 0 Å². The predicted octanol–water partition coefficient (Wildman–Crippen LogP) is 2.04. The molecule has 1 aliphatic heterocycles. The lowest BCUT2D eigenvalue weighted by molar-refractivity contribution is 0.182. The zero-order valence-electron chi connectivity index (χ0n) is 12.8. The molecule has 1 saturated heterocycles. The highest BCUT2D eigenvalue weighted by Gasteiger charge is 2.28. The van der Waals surface area contributed by atoms with Crippen LogP contribution < -0.4 is 5.32 Å². The van der Waals surface area contributed by atoms with Gasteiger partial charge >= 0.3 is 6.03 Å². The minimum absolute atomic E-state index is 0.219. The first-order chi connectivity index (χ1) is 10.3. The monoisotopic (exact) mass is 328 g/mol. The summed E-state index contributed by atoms with van der Waals surface area (Å²) in [5, 5.41) is 2.73. The molecule has 1 atom stereocenters. The van der Waals surface area contributed by atoms with Gasteiger partial charge in [-0.05, 0) is 37.0 Å². The van der Waals surface area contributed by atoms with Gasteiger partial charge in [-0.2, -0.15) is 0 Å². The van der Waals surface area contributed by atoms with Crippen LogP contribution >= 0.6 is 0 Å². The molecule has 0 saturated carbocycles. The molecule has 5 nitrogen and oxygen atoms in total. The highest BCUT2D eigenvalue weighted by molar-refractivity contribution is 7.90. The van der Waals surface area contributed by atoms with E-state index in [0.717, 1.165) is 12.7 Å². The Morgan fingerprint density at radius 3 is 2.82 bits per heavy atom. The molecule has 1 aliphatic rings. The number of carbonyl (C=O) groups is 1. The second-order valence-electron chi connectivity index (χ2n) is 5.67. The molecule has 1 heterocycles. The standard InChI is InChI=1S/C15H21FN2O3S/c1-11-5-6-12(8-14(11)22(2,20)21)10-17-15(19)18-7-3-4-13(18)9-16/h5-6,8,13H,3-4,7,9-10H2,1-2H3,(H,17,19). The van der Waals surface area contributed by atoms with E-state index in [1.165, 1.54) is 4.90 Å². The third-order valence-corrected chi connectivity index (χ3v) is 5.15. The van der Waals surface area contributed by atoms with Gasteiger partial charge in [0.15, 0.2) is 9.84 Å². The Morgan fingerprint density at radius 2 is 2.18 bits per heavy atom. The summed E-state index contributed by atoms with van der Waals surface area (Å²) in [4.78, 5) is 13.8. The number of halogens is 1. The molecule has 1 N–H and O–H groups in total. The number of sulfone groups is 1. The molecule has 0 bridgehead atoms. The Morgan fingerprint density at radius 1 is 1.45 bits per heavy atom. The summed E-state index contributed by atoms with van der Waals surface area (Å²) < 4.78 is 36.2. The van der Waals surface area contributed by atoms with Crippen molar-refractivity contribution in [2.75, 3.05) is 19.5 Å². The van der Waals surface area contributed by atoms with Crippen LogP contribution in [-0.2, 0) is 16.4 Å². The second-order valence-corrected chi connectivity index (χ2v) is 7.66. The molecule has 0 radical (unpaired) electrons. The van der Waals surface area contributed by atoms with Gasteiger partial charge in [-0.1, -0.05) is 12.1 Å². The Balaban J connectivity index is 2.04. The molecular formula is C15H21FN2O3S. The second kappa shape index (κ2) is 6.64. The maximum atomic E-state index is 12.8. The van der Waals surface area contributed by atoms with Gasteiger partial charge in [0.25, 0.3) is 0 Å². The zero-order valence-corrected chi connectivity index (χ0v) is 13.6. The third kappa shape index (κ3) is 3.76. The van der Waals surface area contributed by atoms with Gasteiger partial charge in [0, 0.05) is 19.3 Å². The smallest absolute Gasteiger partial charge is 0.318 e. The van der Waals surface area contributed by atoms with Crippen LogP contribution in [0.5, 0.6) is 0 Å². The van der Waals surface area contributed by atoms with Crippen LogP contribution in [-0.4, -0.2) is 44.9 Å². The summed E-state index contributed by atoms with van der Waals surface area (Å²) >= 11 is 0. The number of nitrogens with one attached hydrogen (secondary N) is 1. The lowest BCUT2D eigenvalue weighted by Crippen LogP contribution is -2.43. The van der Waals surface area contributed by atoms with Crippen molar-refractivity contribution in [2.45, 2.75) is 37.2 Å². The first-order valence-electron chi connectivity index (χ1n) is 7.23. The number of amides is 2. The van der Waals surface area contributed by atoms with Crippen molar-refractivity contribution < 1.29 is 17.6 Å². The Kier molecular flexibility index (Phi) is 5.05. The SMILES string of the molecule is Cc1ccc(CNC(=O)N2CCCC2CF)cc1S(C)(=O)=O. The van der Waals surface area contributed by atoms with Crippen LogP contribution in [0.4, 0.5) is 9.18 Å². The number of hydrogen-bond acceptors (Lipinski definition) is 3. The highest BCUT2D eigenvalue weighted by Crippen LogP contribution is 2.19. The molecule has 0 aromatic heterocycles. The molecular weight excluding hydrogens is 307 g/mol. The molecule has 22 heavy (non-hydrogen) atoms. The van der Waals surface area contributed by atoms with E-state index in [2.05, 4.69) is 5.32 Å². The first-order valence-corrected chi connectivity index (χ1v) is 9.12. The van der Waals surface area contributed by atoms with Crippen LogP contribution in [0.15, 0.2) is 23.1 Å². The molecule has 7 heteroatoms. The van der Waals surface area contributed by atoms with E-state index >= 15 is 0 Å². The van der Waals surface area contributed by atoms with Gasteiger partial charge in [-0.3, -0.25) is 0 Å². The average molecular weight is 328 g/mol. The Labute approximate surface area is 130 Å². The Bertz CT molecular complexity index is 661. The highest BCUT2D eigenvalue weighted by atomic mass is 32.2. The van der Waals surface area contributed by atoms with E-state index < -0.39 is 16.5 Å². The van der Waals surface area contributed by atoms with E-state index in [9.17, 15) is 17.6 Å². The number of alkyl halides is 1. The van der Waals surface area contributed by atoms with Crippen LogP contribution in [0.25, 0.3) is 0 Å². The maximum Gasteiger partial charge on any atom is 0.318 e. The molecule has 0 aliphatic carbocycles. The quantitative estimate of drug-likeness (QED) is 0.920. The maximum absolute atomic E-state index is 12.8. The molecule has 1 fully saturated rings. The van der Waals surface area contributed by atoms with Crippen LogP contribution in [0.2, 0.25) is 0 Å². The lowest BCUT2D eigenvalue weighted by Gasteiger charge is -2.22. The third-order valence-electron chi connectivity index (χ3n) is 3.91. The number of likely N-dealkylation sites (tertiary alicyclic amines) is 1. The fraction of sp³-hybridized carbons (Fsp3) is 0.533. The molecule has 1 unspecified atom stereocenters. The molecule has 2 amide bonds. The van der Waals surface area contributed by atoms with E-state index in [4.69, 9.17) is 0 Å². The summed E-state index contributed by atoms with van der Waals surface area (Å²) in [6, 6.07) is 4.42. The van der Waals surface area contributed by atoms with Crippen molar-refractivity contribution in [3.8, 4) is 0 Å². The number of carbonyl (C=O) groups excluding carboxylic acids is 1. The van der Waals surface area contributed by atoms with E-state index in [0.29, 0.717) is 24.1 Å². The van der Waals surface area contributed by atoms with E-state index in [1.807, 2.05) is 0 Å². The molecule has 2 rings (SSSR count). The number of nitrogens with zero attached hydrogens (tertiary/aromatic N) is 1. The molecule has 0 spiro atoms. The topological polar surface area (TPSA) is 66.5 Å². The van der Waals surface area contributed by atoms with Gasteiger partial charge in [0.1, 0.15) is 6.67 Å². The molecule has 122 valence electrons. The van der Waals surface area contributed by atoms with Gasteiger partial charge in [0.05, 0.1) is 10.9 Å². The summed E-state index contributed by atoms with van der Waals surface area (Å²) in [6.45, 7) is 1.98. The number of benzene rings is 1. The van der Waals surface area contributed by atoms with Crippen molar-refractivity contribution in [1.82, 2.24) is 10.2 Å². The van der Waals surface area contributed by atoms with Crippen molar-refractivity contribution >= 4 is 15.9 Å². The van der Waals surface area contributed by atoms with Crippen LogP contribution in [0, 0.1) is 6.92 Å². The first kappa shape index (κ1) is 16.7. The normalized spacial score (nSPS) is 18.5. The van der Waals surface area contributed by atoms with Crippen molar-refractivity contribution in [3.05, 3.63) is 29.3 Å². The fourth-order valence-corrected chi connectivity index (χ4v) is 3.71. The summed E-state index contributed by atoms with van der Waals surface area (Å²) in [5.41, 5.74) is 1.38. The van der Waals surface area contributed by atoms with E-state index in [-0.39, 0.29) is 23.5 Å². The van der Waals surface area contributed by atoms with Crippen molar-refractivity contribution in [1.29, 1.82) is 0 Å². The van der Waals surface area contributed by atoms with Crippen molar-refractivity contribution in [2.24, 2.45) is 0 Å². The minimum Gasteiger partial charge on any atom is -0.334 e. The largest absolute Gasteiger partial charge is 0.334 e. The molecule has 1 aromatic rings. The van der Waals surface area contributed by atoms with E-state index in [1.54, 1.807) is 25.1 Å². The lowest BCUT2D eigenvalue weighted by atomic mass is 10.1. The fourth-order valence-electron chi connectivity index (χ4n) is 2.70. The zero-order chi connectivity index (χ0) is 16.3. The molecule has 1 aromatic carbocycles. The minimum atomic E-state index is -3.30. The number of aryl methyl sites for hydroxylation is 1. The average Bonchev–Trinajstić information content (AvgIpc) is 2.93. The summed E-state index contributed by atoms with van der Waals surface area (Å²) in [6.07, 6.45) is 2.66. The predicted molar refractivity (Wildman–Crippen MR) is 82.2 cm³/mol. The van der Waals surface area contributed by atoms with Gasteiger partial charge < -0.3 is 10.2 Å². The van der Waals surface area contributed by atoms with Gasteiger partial charge in [-0.15, -0.1) is 0 Å². The van der Waals surface area contributed by atoms with Crippen molar-refractivity contribution in [3.63, 3.8) is 0 Å². The number of rotatable bonds is 4. The number of urea groups is 1. The summed E-state index contributed by atoms with van der Waals surface area (Å²) in [7, 11) is -3.30. The van der Waals surface area contributed by atoms with Gasteiger partial charge in [0.2, 0.25) is 0 Å². The van der Waals surface area contributed by atoms with Gasteiger partial charge in [-0.25, -0.2) is 17.6 Å². The Hall–Kier alpha value is -1.63. The number of hydrogen-bond donors (Lipinski definition) is 1. The summed E-state index contributed by atoms with van der Waals surface area (Å²) in [5.74, 6) is 0. The van der Waals surface area contributed by atoms with Crippen LogP contribution in [0.1, 0.15) is 24.0 Å².